The number of phenols is 1. The first-order chi connectivity index (χ1) is 18.5. The maximum absolute atomic E-state index is 15.8. The zero-order chi connectivity index (χ0) is 28.3. The second kappa shape index (κ2) is 11.1. The van der Waals surface area contributed by atoms with Crippen molar-refractivity contribution in [1.82, 2.24) is 4.98 Å². The predicted molar refractivity (Wildman–Crippen MR) is 138 cm³/mol. The molecule has 1 aliphatic rings. The maximum atomic E-state index is 15.8. The number of carboxylic acid groups (broad SMARTS) is 1. The maximum Gasteiger partial charge on any atom is 0.308 e. The highest BCUT2D eigenvalue weighted by Gasteiger charge is 2.33. The molecule has 0 saturated carbocycles. The van der Waals surface area contributed by atoms with Crippen LogP contribution in [0.4, 0.5) is 20.2 Å². The molecule has 12 nitrogen and oxygen atoms in total. The van der Waals surface area contributed by atoms with Gasteiger partial charge >= 0.3 is 5.97 Å². The van der Waals surface area contributed by atoms with E-state index in [9.17, 15) is 15.0 Å². The quantitative estimate of drug-likeness (QED) is 0.163. The first kappa shape index (κ1) is 26.9. The zero-order valence-corrected chi connectivity index (χ0v) is 20.4. The van der Waals surface area contributed by atoms with Gasteiger partial charge in [0.2, 0.25) is 11.6 Å². The first-order valence-electron chi connectivity index (χ1n) is 11.6. The highest BCUT2D eigenvalue weighted by atomic mass is 19.1. The van der Waals surface area contributed by atoms with Crippen molar-refractivity contribution in [2.24, 2.45) is 17.4 Å². The molecule has 2 heterocycles. The largest absolute Gasteiger partial charge is 0.504 e. The Labute approximate surface area is 220 Å². The molecular weight excluding hydrogens is 516 g/mol. The molecule has 4 rings (SSSR count). The zero-order valence-electron chi connectivity index (χ0n) is 20.4. The number of hydrogen-bond donors (Lipinski definition) is 7. The minimum absolute atomic E-state index is 0.0552. The van der Waals surface area contributed by atoms with E-state index in [0.717, 1.165) is 0 Å². The number of nitrogens with zero attached hydrogens (tertiary/aromatic N) is 2. The third-order valence-corrected chi connectivity index (χ3v) is 5.89. The van der Waals surface area contributed by atoms with Gasteiger partial charge in [-0.05, 0) is 43.2 Å². The summed E-state index contributed by atoms with van der Waals surface area (Å²) in [6.45, 7) is -0.0151. The van der Waals surface area contributed by atoms with E-state index >= 15 is 8.78 Å². The molecule has 1 atom stereocenters. The van der Waals surface area contributed by atoms with Crippen LogP contribution in [0.25, 0.3) is 0 Å². The van der Waals surface area contributed by atoms with Crippen molar-refractivity contribution in [3.8, 4) is 29.0 Å². The fraction of sp³-hybridized carbons (Fsp3) is 0.200. The number of pyridine rings is 1. The number of nitrogen functional groups attached to an aromatic ring is 1. The normalized spacial score (nSPS) is 14.9. The topological polar surface area (TPSA) is 204 Å². The van der Waals surface area contributed by atoms with Crippen LogP contribution < -0.4 is 31.2 Å². The van der Waals surface area contributed by atoms with Crippen LogP contribution in [0.2, 0.25) is 0 Å². The van der Waals surface area contributed by atoms with E-state index in [1.54, 1.807) is 6.07 Å². The van der Waals surface area contributed by atoms with Crippen molar-refractivity contribution in [2.75, 3.05) is 23.3 Å². The number of ether oxygens (including phenoxy) is 2. The third-order valence-electron chi connectivity index (χ3n) is 5.89. The number of carbonyl (C=O) groups is 1. The van der Waals surface area contributed by atoms with Gasteiger partial charge in [-0.15, -0.1) is 0 Å². The number of amidine groups is 1. The number of nitrogens with one attached hydrogen (secondary N) is 3. The number of halogens is 2. The van der Waals surface area contributed by atoms with Gasteiger partial charge in [0.25, 0.3) is 11.8 Å². The minimum atomic E-state index is -1.24. The van der Waals surface area contributed by atoms with Gasteiger partial charge in [-0.2, -0.15) is 13.8 Å². The Kier molecular flexibility index (Phi) is 7.65. The second-order valence-corrected chi connectivity index (χ2v) is 8.69. The van der Waals surface area contributed by atoms with Crippen LogP contribution in [0.15, 0.2) is 42.5 Å². The lowest BCUT2D eigenvalue weighted by Crippen LogP contribution is -2.39. The Balaban J connectivity index is 1.80. The highest BCUT2D eigenvalue weighted by molar-refractivity contribution is 5.95. The van der Waals surface area contributed by atoms with Crippen molar-refractivity contribution in [3.05, 3.63) is 59.7 Å². The molecule has 1 unspecified atom stereocenters. The molecule has 0 bridgehead atoms. The van der Waals surface area contributed by atoms with Crippen LogP contribution in [0.3, 0.4) is 0 Å². The minimum Gasteiger partial charge on any atom is -0.504 e. The van der Waals surface area contributed by atoms with Crippen LogP contribution in [0.1, 0.15) is 18.4 Å². The van der Waals surface area contributed by atoms with Gasteiger partial charge in [0.15, 0.2) is 17.5 Å². The average Bonchev–Trinajstić information content (AvgIpc) is 2.88. The summed E-state index contributed by atoms with van der Waals surface area (Å²) in [4.78, 5) is 16.7. The molecule has 9 N–H and O–H groups in total. The summed E-state index contributed by atoms with van der Waals surface area (Å²) >= 11 is 0. The fourth-order valence-corrected chi connectivity index (χ4v) is 4.06. The van der Waals surface area contributed by atoms with Crippen molar-refractivity contribution in [2.45, 2.75) is 12.8 Å². The molecule has 1 aliphatic heterocycles. The van der Waals surface area contributed by atoms with Gasteiger partial charge in [-0.1, -0.05) is 6.07 Å². The number of aromatic nitrogens is 1. The van der Waals surface area contributed by atoms with E-state index in [-0.39, 0.29) is 41.9 Å². The summed E-state index contributed by atoms with van der Waals surface area (Å²) < 4.78 is 42.7. The number of hydrogen-bond acceptors (Lipinski definition) is 8. The third kappa shape index (κ3) is 6.06. The van der Waals surface area contributed by atoms with Crippen molar-refractivity contribution in [1.29, 1.82) is 10.8 Å². The molecule has 1 aromatic heterocycles. The number of phenolic OH excluding ortho intramolecular Hbond substituents is 1. The molecular formula is C25H25F2N7O5. The number of rotatable bonds is 8. The molecule has 0 spiro atoms. The number of nitrogens with two attached hydrogens (primary N) is 2. The van der Waals surface area contributed by atoms with Crippen LogP contribution in [0, 0.1) is 28.4 Å². The number of benzene rings is 2. The summed E-state index contributed by atoms with van der Waals surface area (Å²) in [5.41, 5.74) is 10.7. The van der Waals surface area contributed by atoms with Gasteiger partial charge in [0.1, 0.15) is 17.3 Å². The highest BCUT2D eigenvalue weighted by Crippen LogP contribution is 2.41. The van der Waals surface area contributed by atoms with Gasteiger partial charge in [-0.25, -0.2) is 0 Å². The van der Waals surface area contributed by atoms with E-state index in [1.807, 2.05) is 0 Å². The second-order valence-electron chi connectivity index (χ2n) is 8.69. The lowest BCUT2D eigenvalue weighted by atomic mass is 9.98. The van der Waals surface area contributed by atoms with Gasteiger partial charge in [0.05, 0.1) is 5.92 Å². The molecule has 39 heavy (non-hydrogen) atoms. The van der Waals surface area contributed by atoms with E-state index < -0.39 is 46.7 Å². The average molecular weight is 542 g/mol. The lowest BCUT2D eigenvalue weighted by molar-refractivity contribution is -0.141. The number of piperidine rings is 1. The molecule has 14 heteroatoms. The van der Waals surface area contributed by atoms with E-state index in [0.29, 0.717) is 18.5 Å². The van der Waals surface area contributed by atoms with E-state index in [2.05, 4.69) is 10.3 Å². The summed E-state index contributed by atoms with van der Waals surface area (Å²) in [6.07, 6.45) is 0.708. The van der Waals surface area contributed by atoms with Crippen molar-refractivity contribution >= 4 is 29.1 Å². The molecule has 1 fully saturated rings. The monoisotopic (exact) mass is 541 g/mol. The van der Waals surface area contributed by atoms with Crippen LogP contribution in [0.5, 0.6) is 29.0 Å². The molecule has 2 aromatic carbocycles. The van der Waals surface area contributed by atoms with Crippen LogP contribution in [-0.2, 0) is 4.79 Å². The summed E-state index contributed by atoms with van der Waals surface area (Å²) in [5, 5.41) is 37.2. The smallest absolute Gasteiger partial charge is 0.308 e. The molecule has 204 valence electrons. The molecule has 0 radical (unpaired) electrons. The number of aliphatic carboxylic acids is 1. The van der Waals surface area contributed by atoms with E-state index in [4.69, 9.17) is 31.8 Å². The Hall–Kier alpha value is -5.14. The van der Waals surface area contributed by atoms with E-state index in [1.165, 1.54) is 41.3 Å². The lowest BCUT2D eigenvalue weighted by Gasteiger charge is -2.33. The Morgan fingerprint density at radius 2 is 1.82 bits per heavy atom. The summed E-state index contributed by atoms with van der Waals surface area (Å²) in [5.74, 6) is -7.23. The van der Waals surface area contributed by atoms with Crippen molar-refractivity contribution in [3.63, 3.8) is 0 Å². The summed E-state index contributed by atoms with van der Waals surface area (Å²) in [7, 11) is 0. The molecule has 0 amide bonds. The number of guanidine groups is 1. The van der Waals surface area contributed by atoms with Gasteiger partial charge in [-0.3, -0.25) is 15.6 Å². The van der Waals surface area contributed by atoms with Gasteiger partial charge < -0.3 is 41.4 Å². The molecule has 1 saturated heterocycles. The number of carboxylic acids is 1. The Bertz CT molecular complexity index is 1450. The van der Waals surface area contributed by atoms with Crippen molar-refractivity contribution < 1.29 is 33.3 Å². The molecule has 3 aromatic rings. The standard InChI is InChI=1S/C25H25F2N7O5/c26-18-20(34-8-2-3-13(11-34)24(36)37)19(27)23(39-17-9-12(21(28)29)6-7-16(17)35)33-22(18)38-15-5-1-4-14(10-15)32-25(30)31/h1,4-7,9-10,13,35H,2-3,8,11H2,(H3,28,29)(H,36,37)(H4,30,31,32). The number of aromatic hydroxyl groups is 1. The fourth-order valence-electron chi connectivity index (χ4n) is 4.06. The number of anilines is 2. The Morgan fingerprint density at radius 3 is 2.49 bits per heavy atom. The molecule has 0 aliphatic carbocycles. The van der Waals surface area contributed by atoms with Crippen LogP contribution >= 0.6 is 0 Å². The predicted octanol–water partition coefficient (Wildman–Crippen LogP) is 3.54. The van der Waals surface area contributed by atoms with Crippen LogP contribution in [-0.4, -0.2) is 46.1 Å². The Morgan fingerprint density at radius 1 is 1.10 bits per heavy atom. The summed E-state index contributed by atoms with van der Waals surface area (Å²) in [6, 6.07) is 9.68. The first-order valence-corrected chi connectivity index (χ1v) is 11.6. The van der Waals surface area contributed by atoms with Gasteiger partial charge in [0, 0.05) is 30.4 Å². The SMILES string of the molecule is N=C(N)Nc1cccc(Oc2nc(Oc3cc(C(=N)N)ccc3O)c(F)c(N3CCCC(C(=O)O)C3)c2F)c1.